The minimum atomic E-state index is -1.27. The van der Waals surface area contributed by atoms with Crippen LogP contribution >= 0.6 is 0 Å². The summed E-state index contributed by atoms with van der Waals surface area (Å²) in [5, 5.41) is 0. The van der Waals surface area contributed by atoms with Gasteiger partial charge in [-0.05, 0) is 13.0 Å². The predicted octanol–water partition coefficient (Wildman–Crippen LogP) is 1.24. The van der Waals surface area contributed by atoms with Gasteiger partial charge in [-0.15, -0.1) is 0 Å². The maximum absolute atomic E-state index is 11.9. The SMILES string of the molecule is CO[N+](=O)c1ccc2c(c1)C(=O)C(C(C)=O)C2=O. The van der Waals surface area contributed by atoms with Gasteiger partial charge in [-0.25, -0.2) is 4.84 Å². The molecule has 1 atom stereocenters. The fourth-order valence-electron chi connectivity index (χ4n) is 1.97. The minimum Gasteiger partial charge on any atom is -0.299 e. The quantitative estimate of drug-likeness (QED) is 0.593. The van der Waals surface area contributed by atoms with E-state index in [9.17, 15) is 19.3 Å². The number of benzene rings is 1. The van der Waals surface area contributed by atoms with Gasteiger partial charge in [-0.3, -0.25) is 14.4 Å². The van der Waals surface area contributed by atoms with Crippen LogP contribution in [-0.4, -0.2) is 29.4 Å². The van der Waals surface area contributed by atoms with Gasteiger partial charge in [0.2, 0.25) is 0 Å². The van der Waals surface area contributed by atoms with E-state index in [-0.39, 0.29) is 21.7 Å². The molecule has 0 amide bonds. The molecule has 1 unspecified atom stereocenters. The predicted molar refractivity (Wildman–Crippen MR) is 59.6 cm³/mol. The lowest BCUT2D eigenvalue weighted by Gasteiger charge is -1.98. The van der Waals surface area contributed by atoms with E-state index in [0.29, 0.717) is 0 Å². The number of rotatable bonds is 3. The molecule has 6 heteroatoms. The highest BCUT2D eigenvalue weighted by molar-refractivity contribution is 6.35. The number of carbonyl (C=O) groups excluding carboxylic acids is 3. The first kappa shape index (κ1) is 12.1. The molecule has 0 N–H and O–H groups in total. The van der Waals surface area contributed by atoms with Crippen molar-refractivity contribution in [3.8, 4) is 0 Å². The topological polar surface area (TPSA) is 80.5 Å². The van der Waals surface area contributed by atoms with Crippen molar-refractivity contribution in [2.45, 2.75) is 6.92 Å². The smallest absolute Gasteiger partial charge is 0.299 e. The molecule has 1 aromatic carbocycles. The van der Waals surface area contributed by atoms with Crippen LogP contribution in [0.5, 0.6) is 0 Å². The second-order valence-electron chi connectivity index (χ2n) is 3.94. The Kier molecular flexibility index (Phi) is 2.78. The maximum atomic E-state index is 11.9. The summed E-state index contributed by atoms with van der Waals surface area (Å²) in [7, 11) is 1.19. The minimum absolute atomic E-state index is 0.0931. The summed E-state index contributed by atoms with van der Waals surface area (Å²) >= 11 is 0. The third-order valence-corrected chi connectivity index (χ3v) is 2.84. The summed E-state index contributed by atoms with van der Waals surface area (Å²) in [5.41, 5.74) is 0.366. The molecule has 0 saturated heterocycles. The van der Waals surface area contributed by atoms with Gasteiger partial charge >= 0.3 is 5.69 Å². The van der Waals surface area contributed by atoms with E-state index in [2.05, 4.69) is 4.84 Å². The highest BCUT2D eigenvalue weighted by Gasteiger charge is 2.42. The summed E-state index contributed by atoms with van der Waals surface area (Å²) in [4.78, 5) is 50.9. The number of carbonyl (C=O) groups is 3. The number of ketones is 3. The van der Waals surface area contributed by atoms with Crippen LogP contribution in [0, 0.1) is 10.8 Å². The van der Waals surface area contributed by atoms with Crippen LogP contribution in [0.25, 0.3) is 0 Å². The lowest BCUT2D eigenvalue weighted by atomic mass is 10.00. The molecule has 0 fully saturated rings. The van der Waals surface area contributed by atoms with Crippen LogP contribution in [0.2, 0.25) is 0 Å². The summed E-state index contributed by atoms with van der Waals surface area (Å²) < 4.78 is 0. The molecule has 0 heterocycles. The highest BCUT2D eigenvalue weighted by Crippen LogP contribution is 2.30. The van der Waals surface area contributed by atoms with E-state index in [1.807, 2.05) is 0 Å². The third kappa shape index (κ3) is 1.62. The zero-order valence-corrected chi connectivity index (χ0v) is 9.80. The monoisotopic (exact) mass is 248 g/mol. The van der Waals surface area contributed by atoms with Crippen molar-refractivity contribution in [2.24, 2.45) is 5.92 Å². The number of Topliss-reactive ketones (excluding diaryl/α,β-unsaturated/α-hetero) is 3. The third-order valence-electron chi connectivity index (χ3n) is 2.84. The average Bonchev–Trinajstić information content (AvgIpc) is 2.60. The summed E-state index contributed by atoms with van der Waals surface area (Å²) in [6.45, 7) is 1.20. The van der Waals surface area contributed by atoms with Gasteiger partial charge in [0.15, 0.2) is 18.7 Å². The van der Waals surface area contributed by atoms with Crippen LogP contribution in [0.3, 0.4) is 0 Å². The Bertz CT molecular complexity index is 590. The van der Waals surface area contributed by atoms with E-state index in [1.165, 1.54) is 32.2 Å². The molecule has 1 aliphatic rings. The highest BCUT2D eigenvalue weighted by atomic mass is 16.8. The van der Waals surface area contributed by atoms with Crippen molar-refractivity contribution in [3.05, 3.63) is 34.2 Å². The molecule has 0 saturated carbocycles. The number of hydrogen-bond acceptors (Lipinski definition) is 5. The molecule has 0 bridgehead atoms. The largest absolute Gasteiger partial charge is 0.317 e. The van der Waals surface area contributed by atoms with Crippen molar-refractivity contribution in [1.29, 1.82) is 0 Å². The zero-order chi connectivity index (χ0) is 13.4. The molecule has 0 spiro atoms. The van der Waals surface area contributed by atoms with E-state index < -0.39 is 23.3 Å². The molecule has 18 heavy (non-hydrogen) atoms. The second kappa shape index (κ2) is 4.14. The molecule has 1 aliphatic carbocycles. The summed E-state index contributed by atoms with van der Waals surface area (Å²) in [6, 6.07) is 3.98. The standard InChI is InChI=1S/C12H10NO5/c1-6(14)10-11(15)8-4-3-7(13(17)18-2)5-9(8)12(10)16/h3-5,10H,1-2H3/q+1. The molecule has 0 aromatic heterocycles. The maximum Gasteiger partial charge on any atom is 0.317 e. The molecule has 0 radical (unpaired) electrons. The Morgan fingerprint density at radius 1 is 1.22 bits per heavy atom. The Morgan fingerprint density at radius 3 is 2.39 bits per heavy atom. The Hall–Kier alpha value is -2.37. The molecular formula is C12H10NO5+. The fourth-order valence-corrected chi connectivity index (χ4v) is 1.97. The number of hydrogen-bond donors (Lipinski definition) is 0. The summed E-state index contributed by atoms with van der Waals surface area (Å²) in [6.07, 6.45) is 0. The van der Waals surface area contributed by atoms with E-state index in [4.69, 9.17) is 0 Å². The van der Waals surface area contributed by atoms with Crippen molar-refractivity contribution in [3.63, 3.8) is 0 Å². The van der Waals surface area contributed by atoms with Gasteiger partial charge in [0.05, 0.1) is 4.91 Å². The second-order valence-corrected chi connectivity index (χ2v) is 3.94. The zero-order valence-electron chi connectivity index (χ0n) is 9.80. The van der Waals surface area contributed by atoms with Gasteiger partial charge in [0, 0.05) is 23.3 Å². The fraction of sp³-hybridized carbons (Fsp3) is 0.250. The molecule has 92 valence electrons. The van der Waals surface area contributed by atoms with E-state index in [0.717, 1.165) is 0 Å². The Morgan fingerprint density at radius 2 is 1.83 bits per heavy atom. The van der Waals surface area contributed by atoms with Crippen molar-refractivity contribution in [2.75, 3.05) is 7.11 Å². The van der Waals surface area contributed by atoms with Crippen LogP contribution in [0.15, 0.2) is 18.2 Å². The van der Waals surface area contributed by atoms with Crippen molar-refractivity contribution >= 4 is 23.0 Å². The van der Waals surface area contributed by atoms with Crippen LogP contribution in [-0.2, 0) is 9.63 Å². The molecule has 2 rings (SSSR count). The first-order valence-electron chi connectivity index (χ1n) is 5.21. The number of fused-ring (bicyclic) bond motifs is 1. The van der Waals surface area contributed by atoms with Gasteiger partial charge in [0.25, 0.3) is 4.92 Å². The van der Waals surface area contributed by atoms with Crippen molar-refractivity contribution in [1.82, 2.24) is 0 Å². The van der Waals surface area contributed by atoms with Gasteiger partial charge < -0.3 is 0 Å². The van der Waals surface area contributed by atoms with Crippen LogP contribution < -0.4 is 0 Å². The van der Waals surface area contributed by atoms with Crippen LogP contribution in [0.4, 0.5) is 5.69 Å². The lowest BCUT2D eigenvalue weighted by molar-refractivity contribution is -0.736. The van der Waals surface area contributed by atoms with Crippen molar-refractivity contribution < 1.29 is 24.1 Å². The normalized spacial score (nSPS) is 17.6. The van der Waals surface area contributed by atoms with E-state index in [1.54, 1.807) is 0 Å². The molecule has 6 nitrogen and oxygen atoms in total. The average molecular weight is 248 g/mol. The van der Waals surface area contributed by atoms with Crippen LogP contribution in [0.1, 0.15) is 27.6 Å². The first-order chi connectivity index (χ1) is 8.47. The van der Waals surface area contributed by atoms with E-state index >= 15 is 0 Å². The summed E-state index contributed by atoms with van der Waals surface area (Å²) in [5.74, 6) is -2.83. The lowest BCUT2D eigenvalue weighted by Crippen LogP contribution is -2.22. The van der Waals surface area contributed by atoms with Gasteiger partial charge in [0.1, 0.15) is 11.7 Å². The van der Waals surface area contributed by atoms with Gasteiger partial charge in [-0.2, -0.15) is 0 Å². The molecular weight excluding hydrogens is 238 g/mol. The molecule has 0 aliphatic heterocycles. The molecule has 1 aromatic rings. The number of nitrogens with zero attached hydrogens (tertiary/aromatic N) is 1. The first-order valence-corrected chi connectivity index (χ1v) is 5.21. The van der Waals surface area contributed by atoms with Gasteiger partial charge in [-0.1, -0.05) is 0 Å². The Labute approximate surface area is 102 Å². The Balaban J connectivity index is 2.53.